The molecule has 6 heteroatoms. The Balaban J connectivity index is 2.82. The van der Waals surface area contributed by atoms with Crippen LogP contribution >= 0.6 is 39.1 Å². The van der Waals surface area contributed by atoms with E-state index in [0.717, 1.165) is 0 Å². The number of carbonyl (C=O) groups excluding carboxylic acids is 1. The topological polar surface area (TPSA) is 55.1 Å². The molecule has 0 aliphatic heterocycles. The van der Waals surface area contributed by atoms with E-state index in [2.05, 4.69) is 21.2 Å². The van der Waals surface area contributed by atoms with E-state index in [4.69, 9.17) is 28.9 Å². The minimum Gasteiger partial charge on any atom is -0.327 e. The second-order valence-corrected chi connectivity index (χ2v) is 5.06. The predicted octanol–water partition coefficient (Wildman–Crippen LogP) is 3.43. The van der Waals surface area contributed by atoms with Gasteiger partial charge in [0.05, 0.1) is 15.7 Å². The van der Waals surface area contributed by atoms with Gasteiger partial charge in [-0.3, -0.25) is 4.79 Å². The van der Waals surface area contributed by atoms with Crippen molar-refractivity contribution in [2.75, 3.05) is 5.32 Å². The summed E-state index contributed by atoms with van der Waals surface area (Å²) in [7, 11) is 0. The molecule has 0 aromatic heterocycles. The van der Waals surface area contributed by atoms with Gasteiger partial charge in [0, 0.05) is 16.9 Å². The summed E-state index contributed by atoms with van der Waals surface area (Å²) in [5, 5.41) is 3.34. The summed E-state index contributed by atoms with van der Waals surface area (Å²) in [5.74, 6) is -0.185. The number of nitrogens with one attached hydrogen (secondary N) is 1. The van der Waals surface area contributed by atoms with E-state index >= 15 is 0 Å². The van der Waals surface area contributed by atoms with Gasteiger partial charge in [0.25, 0.3) is 0 Å². The van der Waals surface area contributed by atoms with Crippen LogP contribution in [-0.2, 0) is 4.79 Å². The lowest BCUT2D eigenvalue weighted by Gasteiger charge is -2.10. The van der Waals surface area contributed by atoms with Crippen molar-refractivity contribution in [2.24, 2.45) is 5.73 Å². The van der Waals surface area contributed by atoms with Gasteiger partial charge in [-0.15, -0.1) is 0 Å². The number of benzene rings is 1. The Kier molecular flexibility index (Phi) is 5.05. The minimum absolute atomic E-state index is 0.185. The maximum Gasteiger partial charge on any atom is 0.225 e. The second-order valence-electron chi connectivity index (χ2n) is 3.45. The van der Waals surface area contributed by atoms with Crippen LogP contribution in [0.3, 0.4) is 0 Å². The average molecular weight is 326 g/mol. The molecule has 1 rings (SSSR count). The van der Waals surface area contributed by atoms with E-state index in [1.807, 2.05) is 0 Å². The van der Waals surface area contributed by atoms with Crippen LogP contribution in [0.25, 0.3) is 0 Å². The van der Waals surface area contributed by atoms with Crippen LogP contribution in [0, 0.1) is 0 Å². The monoisotopic (exact) mass is 324 g/mol. The lowest BCUT2D eigenvalue weighted by molar-refractivity contribution is -0.116. The molecule has 0 aliphatic carbocycles. The van der Waals surface area contributed by atoms with E-state index in [1.54, 1.807) is 19.1 Å². The van der Waals surface area contributed by atoms with E-state index in [-0.39, 0.29) is 18.4 Å². The average Bonchev–Trinajstić information content (AvgIpc) is 2.18. The molecule has 0 aliphatic rings. The fourth-order valence-electron chi connectivity index (χ4n) is 1.12. The third-order valence-corrected chi connectivity index (χ3v) is 3.59. The first kappa shape index (κ1) is 13.8. The number of nitrogens with two attached hydrogens (primary N) is 1. The van der Waals surface area contributed by atoms with Crippen LogP contribution in [0.15, 0.2) is 16.6 Å². The quantitative estimate of drug-likeness (QED) is 0.836. The summed E-state index contributed by atoms with van der Waals surface area (Å²) in [6.45, 7) is 1.76. The molecular formula is C10H11BrCl2N2O. The molecule has 1 atom stereocenters. The largest absolute Gasteiger partial charge is 0.327 e. The van der Waals surface area contributed by atoms with Crippen molar-refractivity contribution in [3.63, 3.8) is 0 Å². The highest BCUT2D eigenvalue weighted by Crippen LogP contribution is 2.35. The van der Waals surface area contributed by atoms with Gasteiger partial charge in [-0.1, -0.05) is 23.2 Å². The summed E-state index contributed by atoms with van der Waals surface area (Å²) in [5.41, 5.74) is 6.00. The number of halogens is 3. The SMILES string of the molecule is CC(N)CC(=O)Nc1ccc(Br)c(Cl)c1Cl. The molecule has 3 N–H and O–H groups in total. The molecule has 0 fully saturated rings. The lowest BCUT2D eigenvalue weighted by atomic mass is 10.2. The van der Waals surface area contributed by atoms with Crippen molar-refractivity contribution in [2.45, 2.75) is 19.4 Å². The number of amides is 1. The molecular weight excluding hydrogens is 315 g/mol. The van der Waals surface area contributed by atoms with Gasteiger partial charge in [0.2, 0.25) is 5.91 Å². The first-order chi connectivity index (χ1) is 7.41. The highest BCUT2D eigenvalue weighted by Gasteiger charge is 2.11. The maximum atomic E-state index is 11.5. The van der Waals surface area contributed by atoms with Crippen molar-refractivity contribution in [3.8, 4) is 0 Å². The van der Waals surface area contributed by atoms with Crippen LogP contribution in [0.1, 0.15) is 13.3 Å². The maximum absolute atomic E-state index is 11.5. The van der Waals surface area contributed by atoms with Gasteiger partial charge >= 0.3 is 0 Å². The van der Waals surface area contributed by atoms with E-state index in [0.29, 0.717) is 20.2 Å². The summed E-state index contributed by atoms with van der Waals surface area (Å²) < 4.78 is 0.685. The molecule has 0 spiro atoms. The molecule has 1 aromatic carbocycles. The van der Waals surface area contributed by atoms with Crippen molar-refractivity contribution in [3.05, 3.63) is 26.7 Å². The summed E-state index contributed by atoms with van der Waals surface area (Å²) in [4.78, 5) is 11.5. The molecule has 0 saturated carbocycles. The van der Waals surface area contributed by atoms with E-state index in [1.165, 1.54) is 0 Å². The number of hydrogen-bond acceptors (Lipinski definition) is 2. The number of anilines is 1. The Morgan fingerprint density at radius 3 is 2.69 bits per heavy atom. The Bertz CT molecular complexity index is 410. The zero-order valence-electron chi connectivity index (χ0n) is 8.56. The van der Waals surface area contributed by atoms with Crippen molar-refractivity contribution in [1.29, 1.82) is 0 Å². The Morgan fingerprint density at radius 1 is 1.50 bits per heavy atom. The first-order valence-corrected chi connectivity index (χ1v) is 6.15. The highest BCUT2D eigenvalue weighted by atomic mass is 79.9. The smallest absolute Gasteiger partial charge is 0.225 e. The molecule has 3 nitrogen and oxygen atoms in total. The number of carbonyl (C=O) groups is 1. The zero-order chi connectivity index (χ0) is 12.3. The molecule has 0 bridgehead atoms. The van der Waals surface area contributed by atoms with Gasteiger partial charge < -0.3 is 11.1 Å². The summed E-state index contributed by atoms with van der Waals surface area (Å²) in [6.07, 6.45) is 0.240. The zero-order valence-corrected chi connectivity index (χ0v) is 11.7. The fraction of sp³-hybridized carbons (Fsp3) is 0.300. The normalized spacial score (nSPS) is 12.3. The van der Waals surface area contributed by atoms with Crippen molar-refractivity contribution < 1.29 is 4.79 Å². The molecule has 0 saturated heterocycles. The van der Waals surface area contributed by atoms with Crippen molar-refractivity contribution in [1.82, 2.24) is 0 Å². The van der Waals surface area contributed by atoms with Gasteiger partial charge in [-0.2, -0.15) is 0 Å². The lowest BCUT2D eigenvalue weighted by Crippen LogP contribution is -2.24. The summed E-state index contributed by atoms with van der Waals surface area (Å²) in [6, 6.07) is 3.21. The standard InChI is InChI=1S/C10H11BrCl2N2O/c1-5(14)4-8(16)15-7-3-2-6(11)9(12)10(7)13/h2-3,5H,4,14H2,1H3,(H,15,16). The van der Waals surface area contributed by atoms with Crippen LogP contribution < -0.4 is 11.1 Å². The van der Waals surface area contributed by atoms with Crippen LogP contribution in [0.5, 0.6) is 0 Å². The number of rotatable bonds is 3. The van der Waals surface area contributed by atoms with Gasteiger partial charge in [0.15, 0.2) is 0 Å². The first-order valence-electron chi connectivity index (χ1n) is 4.60. The van der Waals surface area contributed by atoms with Crippen LogP contribution in [0.4, 0.5) is 5.69 Å². The molecule has 16 heavy (non-hydrogen) atoms. The Morgan fingerprint density at radius 2 is 2.12 bits per heavy atom. The molecule has 1 amide bonds. The molecule has 88 valence electrons. The van der Waals surface area contributed by atoms with Crippen molar-refractivity contribution >= 4 is 50.7 Å². The van der Waals surface area contributed by atoms with Crippen LogP contribution in [0.2, 0.25) is 10.0 Å². The van der Waals surface area contributed by atoms with E-state index in [9.17, 15) is 4.79 Å². The fourth-order valence-corrected chi connectivity index (χ4v) is 1.94. The Labute approximate surface area is 112 Å². The third kappa shape index (κ3) is 3.63. The van der Waals surface area contributed by atoms with Gasteiger partial charge in [-0.05, 0) is 35.0 Å². The third-order valence-electron chi connectivity index (χ3n) is 1.82. The number of hydrogen-bond donors (Lipinski definition) is 2. The van der Waals surface area contributed by atoms with Crippen LogP contribution in [-0.4, -0.2) is 11.9 Å². The second kappa shape index (κ2) is 5.87. The Hall–Kier alpha value is -0.290. The summed E-state index contributed by atoms with van der Waals surface area (Å²) >= 11 is 15.1. The minimum atomic E-state index is -0.190. The highest BCUT2D eigenvalue weighted by molar-refractivity contribution is 9.10. The predicted molar refractivity (Wildman–Crippen MR) is 71.1 cm³/mol. The molecule has 0 heterocycles. The van der Waals surface area contributed by atoms with Gasteiger partial charge in [0.1, 0.15) is 0 Å². The van der Waals surface area contributed by atoms with Gasteiger partial charge in [-0.25, -0.2) is 0 Å². The molecule has 1 unspecified atom stereocenters. The molecule has 1 aromatic rings. The van der Waals surface area contributed by atoms with E-state index < -0.39 is 0 Å². The molecule has 0 radical (unpaired) electrons.